The number of carbonyl (C=O) groups is 1. The molecule has 0 aliphatic carbocycles. The van der Waals surface area contributed by atoms with Crippen molar-refractivity contribution in [3.8, 4) is 0 Å². The first-order chi connectivity index (χ1) is 6.52. The third-order valence-electron chi connectivity index (χ3n) is 1.97. The number of aryl methyl sites for hydroxylation is 1. The second kappa shape index (κ2) is 4.60. The summed E-state index contributed by atoms with van der Waals surface area (Å²) in [7, 11) is 0. The number of carbonyl (C=O) groups excluding carboxylic acids is 1. The molecule has 1 amide bonds. The van der Waals surface area contributed by atoms with Crippen molar-refractivity contribution in [2.45, 2.75) is 20.8 Å². The van der Waals surface area contributed by atoms with Crippen LogP contribution in [0.15, 0.2) is 22.7 Å². The molecule has 14 heavy (non-hydrogen) atoms. The number of hydrogen-bond donors (Lipinski definition) is 1. The zero-order valence-corrected chi connectivity index (χ0v) is 10.2. The van der Waals surface area contributed by atoms with E-state index in [0.29, 0.717) is 0 Å². The van der Waals surface area contributed by atoms with Crippen LogP contribution in [0.4, 0.5) is 5.69 Å². The van der Waals surface area contributed by atoms with Crippen LogP contribution >= 0.6 is 15.9 Å². The lowest BCUT2D eigenvalue weighted by Gasteiger charge is -2.10. The van der Waals surface area contributed by atoms with Crippen LogP contribution in [0.2, 0.25) is 0 Å². The monoisotopic (exact) mass is 255 g/mol. The molecule has 0 radical (unpaired) electrons. The van der Waals surface area contributed by atoms with Crippen molar-refractivity contribution in [2.24, 2.45) is 5.92 Å². The number of rotatable bonds is 2. The van der Waals surface area contributed by atoms with Crippen LogP contribution in [0, 0.1) is 12.8 Å². The number of halogens is 1. The van der Waals surface area contributed by atoms with Crippen molar-refractivity contribution >= 4 is 27.5 Å². The second-order valence-electron chi connectivity index (χ2n) is 3.58. The molecule has 1 rings (SSSR count). The normalized spacial score (nSPS) is 10.4. The fourth-order valence-electron chi connectivity index (χ4n) is 1.02. The molecule has 1 aromatic rings. The molecule has 0 aliphatic rings. The molecule has 0 unspecified atom stereocenters. The predicted molar refractivity (Wildman–Crippen MR) is 62.3 cm³/mol. The Morgan fingerprint density at radius 3 is 2.64 bits per heavy atom. The molecule has 0 fully saturated rings. The fraction of sp³-hybridized carbons (Fsp3) is 0.364. The number of amides is 1. The van der Waals surface area contributed by atoms with Gasteiger partial charge in [-0.2, -0.15) is 0 Å². The van der Waals surface area contributed by atoms with Crippen LogP contribution in [0.5, 0.6) is 0 Å². The smallest absolute Gasteiger partial charge is 0.226 e. The molecule has 2 nitrogen and oxygen atoms in total. The van der Waals surface area contributed by atoms with Crippen molar-refractivity contribution in [1.29, 1.82) is 0 Å². The molecule has 0 heterocycles. The van der Waals surface area contributed by atoms with E-state index in [1.165, 1.54) is 0 Å². The lowest BCUT2D eigenvalue weighted by molar-refractivity contribution is -0.118. The van der Waals surface area contributed by atoms with E-state index in [1.54, 1.807) is 0 Å². The molecule has 0 aromatic heterocycles. The Morgan fingerprint density at radius 2 is 2.07 bits per heavy atom. The van der Waals surface area contributed by atoms with Crippen molar-refractivity contribution in [1.82, 2.24) is 0 Å². The van der Waals surface area contributed by atoms with Gasteiger partial charge in [-0.15, -0.1) is 0 Å². The Bertz CT molecular complexity index is 347. The minimum atomic E-state index is 0.00223. The molecular weight excluding hydrogens is 242 g/mol. The Morgan fingerprint density at radius 1 is 1.43 bits per heavy atom. The van der Waals surface area contributed by atoms with E-state index in [1.807, 2.05) is 39.0 Å². The van der Waals surface area contributed by atoms with E-state index in [0.717, 1.165) is 15.7 Å². The summed E-state index contributed by atoms with van der Waals surface area (Å²) in [6.07, 6.45) is 0. The van der Waals surface area contributed by atoms with Crippen molar-refractivity contribution < 1.29 is 4.79 Å². The van der Waals surface area contributed by atoms with Crippen molar-refractivity contribution in [3.63, 3.8) is 0 Å². The first-order valence-corrected chi connectivity index (χ1v) is 5.37. The SMILES string of the molecule is Cc1cccc(NC(=O)C(C)C)c1Br. The summed E-state index contributed by atoms with van der Waals surface area (Å²) in [5, 5.41) is 2.86. The lowest BCUT2D eigenvalue weighted by Crippen LogP contribution is -2.18. The molecule has 0 atom stereocenters. The molecule has 0 saturated heterocycles. The number of benzene rings is 1. The third kappa shape index (κ3) is 2.58. The summed E-state index contributed by atoms with van der Waals surface area (Å²) < 4.78 is 0.953. The minimum absolute atomic E-state index is 0.00223. The Balaban J connectivity index is 2.87. The zero-order chi connectivity index (χ0) is 10.7. The summed E-state index contributed by atoms with van der Waals surface area (Å²) in [6.45, 7) is 5.74. The fourth-order valence-corrected chi connectivity index (χ4v) is 1.38. The average Bonchev–Trinajstić information content (AvgIpc) is 2.12. The molecule has 76 valence electrons. The van der Waals surface area contributed by atoms with Gasteiger partial charge in [-0.25, -0.2) is 0 Å². The summed E-state index contributed by atoms with van der Waals surface area (Å²) in [4.78, 5) is 11.4. The minimum Gasteiger partial charge on any atom is -0.325 e. The quantitative estimate of drug-likeness (QED) is 0.863. The predicted octanol–water partition coefficient (Wildman–Crippen LogP) is 3.35. The zero-order valence-electron chi connectivity index (χ0n) is 8.60. The van der Waals surface area contributed by atoms with Crippen LogP contribution in [0.25, 0.3) is 0 Å². The van der Waals surface area contributed by atoms with Crippen LogP contribution < -0.4 is 5.32 Å². The molecule has 1 aromatic carbocycles. The van der Waals surface area contributed by atoms with E-state index in [-0.39, 0.29) is 11.8 Å². The highest BCUT2D eigenvalue weighted by Gasteiger charge is 2.09. The van der Waals surface area contributed by atoms with E-state index < -0.39 is 0 Å². The van der Waals surface area contributed by atoms with Crippen LogP contribution in [0.1, 0.15) is 19.4 Å². The molecule has 0 bridgehead atoms. The number of anilines is 1. The Kier molecular flexibility index (Phi) is 3.69. The van der Waals surface area contributed by atoms with Crippen LogP contribution in [-0.4, -0.2) is 5.91 Å². The summed E-state index contributed by atoms with van der Waals surface area (Å²) >= 11 is 3.44. The van der Waals surface area contributed by atoms with Gasteiger partial charge < -0.3 is 5.32 Å². The van der Waals surface area contributed by atoms with Crippen LogP contribution in [0.3, 0.4) is 0 Å². The Hall–Kier alpha value is -0.830. The molecule has 0 spiro atoms. The van der Waals surface area contributed by atoms with Gasteiger partial charge in [0.05, 0.1) is 5.69 Å². The molecule has 1 N–H and O–H groups in total. The van der Waals surface area contributed by atoms with Gasteiger partial charge in [-0.05, 0) is 34.5 Å². The first-order valence-electron chi connectivity index (χ1n) is 4.58. The number of hydrogen-bond acceptors (Lipinski definition) is 1. The highest BCUT2D eigenvalue weighted by atomic mass is 79.9. The number of nitrogens with one attached hydrogen (secondary N) is 1. The van der Waals surface area contributed by atoms with Gasteiger partial charge in [-0.1, -0.05) is 26.0 Å². The van der Waals surface area contributed by atoms with E-state index >= 15 is 0 Å². The average molecular weight is 256 g/mol. The van der Waals surface area contributed by atoms with Gasteiger partial charge in [0.1, 0.15) is 0 Å². The molecule has 3 heteroatoms. The van der Waals surface area contributed by atoms with Gasteiger partial charge >= 0.3 is 0 Å². The lowest BCUT2D eigenvalue weighted by atomic mass is 10.2. The highest BCUT2D eigenvalue weighted by molar-refractivity contribution is 9.10. The summed E-state index contributed by atoms with van der Waals surface area (Å²) in [5.41, 5.74) is 1.95. The molecule has 0 saturated carbocycles. The molecular formula is C11H14BrNO. The first kappa shape index (κ1) is 11.2. The summed E-state index contributed by atoms with van der Waals surface area (Å²) in [5.74, 6) is 0.0405. The highest BCUT2D eigenvalue weighted by Crippen LogP contribution is 2.25. The summed E-state index contributed by atoms with van der Waals surface area (Å²) in [6, 6.07) is 5.81. The van der Waals surface area contributed by atoms with Crippen molar-refractivity contribution in [3.05, 3.63) is 28.2 Å². The van der Waals surface area contributed by atoms with Gasteiger partial charge in [-0.3, -0.25) is 4.79 Å². The van der Waals surface area contributed by atoms with E-state index in [4.69, 9.17) is 0 Å². The Labute approximate surface area is 92.8 Å². The topological polar surface area (TPSA) is 29.1 Å². The van der Waals surface area contributed by atoms with E-state index in [9.17, 15) is 4.79 Å². The maximum Gasteiger partial charge on any atom is 0.226 e. The molecule has 0 aliphatic heterocycles. The maximum absolute atomic E-state index is 11.4. The third-order valence-corrected chi connectivity index (χ3v) is 3.03. The van der Waals surface area contributed by atoms with Crippen molar-refractivity contribution in [2.75, 3.05) is 5.32 Å². The van der Waals surface area contributed by atoms with Gasteiger partial charge in [0.15, 0.2) is 0 Å². The van der Waals surface area contributed by atoms with E-state index in [2.05, 4.69) is 21.2 Å². The van der Waals surface area contributed by atoms with Gasteiger partial charge in [0.2, 0.25) is 5.91 Å². The van der Waals surface area contributed by atoms with Gasteiger partial charge in [0.25, 0.3) is 0 Å². The second-order valence-corrected chi connectivity index (χ2v) is 4.37. The standard InChI is InChI=1S/C11H14BrNO/c1-7(2)11(14)13-9-6-4-5-8(3)10(9)12/h4-7H,1-3H3,(H,13,14). The largest absolute Gasteiger partial charge is 0.325 e. The van der Waals surface area contributed by atoms with Gasteiger partial charge in [0, 0.05) is 10.4 Å². The van der Waals surface area contributed by atoms with Crippen LogP contribution in [-0.2, 0) is 4.79 Å². The maximum atomic E-state index is 11.4.